The summed E-state index contributed by atoms with van der Waals surface area (Å²) in [5.41, 5.74) is 2.95. The van der Waals surface area contributed by atoms with E-state index in [4.69, 9.17) is 9.84 Å². The first-order chi connectivity index (χ1) is 10.3. The molecule has 0 fully saturated rings. The standard InChI is InChI=1S/C17H16N2O2/c20-12-15-3-1-4-17(11-15)21-13-14-5-7-16(8-6-14)19-10-2-9-18-19/h1-11,20H,12-13H2. The van der Waals surface area contributed by atoms with Crippen molar-refractivity contribution in [3.8, 4) is 11.4 Å². The average molecular weight is 280 g/mol. The summed E-state index contributed by atoms with van der Waals surface area (Å²) in [6, 6.07) is 17.4. The van der Waals surface area contributed by atoms with Gasteiger partial charge in [0.1, 0.15) is 12.4 Å². The molecule has 2 aromatic carbocycles. The highest BCUT2D eigenvalue weighted by atomic mass is 16.5. The van der Waals surface area contributed by atoms with Gasteiger partial charge in [0.25, 0.3) is 0 Å². The molecule has 3 rings (SSSR count). The van der Waals surface area contributed by atoms with Gasteiger partial charge in [-0.1, -0.05) is 24.3 Å². The number of ether oxygens (including phenoxy) is 1. The Balaban J connectivity index is 1.65. The highest BCUT2D eigenvalue weighted by Crippen LogP contribution is 2.16. The molecule has 21 heavy (non-hydrogen) atoms. The van der Waals surface area contributed by atoms with Crippen LogP contribution < -0.4 is 4.74 Å². The van der Waals surface area contributed by atoms with E-state index < -0.39 is 0 Å². The lowest BCUT2D eigenvalue weighted by molar-refractivity contribution is 0.278. The Hall–Kier alpha value is -2.59. The minimum absolute atomic E-state index is 0.0236. The normalized spacial score (nSPS) is 10.5. The molecular weight excluding hydrogens is 264 g/mol. The third-order valence-corrected chi connectivity index (χ3v) is 3.19. The second-order valence-corrected chi connectivity index (χ2v) is 4.71. The van der Waals surface area contributed by atoms with Crippen molar-refractivity contribution in [3.63, 3.8) is 0 Å². The molecule has 0 aliphatic rings. The van der Waals surface area contributed by atoms with Gasteiger partial charge in [-0.2, -0.15) is 5.10 Å². The van der Waals surface area contributed by atoms with Gasteiger partial charge in [-0.05, 0) is 41.5 Å². The lowest BCUT2D eigenvalue weighted by Gasteiger charge is -2.08. The zero-order valence-electron chi connectivity index (χ0n) is 11.5. The van der Waals surface area contributed by atoms with Gasteiger partial charge in [-0.25, -0.2) is 4.68 Å². The molecule has 0 unspecified atom stereocenters. The Kier molecular flexibility index (Phi) is 3.98. The van der Waals surface area contributed by atoms with Crippen LogP contribution in [0.4, 0.5) is 0 Å². The summed E-state index contributed by atoms with van der Waals surface area (Å²) in [6.45, 7) is 0.518. The molecule has 0 spiro atoms. The van der Waals surface area contributed by atoms with Gasteiger partial charge in [0.05, 0.1) is 12.3 Å². The van der Waals surface area contributed by atoms with E-state index in [1.165, 1.54) is 0 Å². The number of aliphatic hydroxyl groups is 1. The molecule has 1 aromatic heterocycles. The fraction of sp³-hybridized carbons (Fsp3) is 0.118. The third kappa shape index (κ3) is 3.30. The Labute approximate surface area is 123 Å². The van der Waals surface area contributed by atoms with Gasteiger partial charge >= 0.3 is 0 Å². The van der Waals surface area contributed by atoms with Crippen LogP contribution in [0, 0.1) is 0 Å². The molecule has 3 aromatic rings. The first-order valence-corrected chi connectivity index (χ1v) is 6.77. The summed E-state index contributed by atoms with van der Waals surface area (Å²) >= 11 is 0. The topological polar surface area (TPSA) is 47.3 Å². The molecule has 0 aliphatic heterocycles. The molecule has 4 nitrogen and oxygen atoms in total. The fourth-order valence-corrected chi connectivity index (χ4v) is 2.07. The summed E-state index contributed by atoms with van der Waals surface area (Å²) in [5.74, 6) is 0.762. The minimum atomic E-state index is 0.0236. The maximum absolute atomic E-state index is 9.10. The van der Waals surface area contributed by atoms with Crippen molar-refractivity contribution < 1.29 is 9.84 Å². The van der Waals surface area contributed by atoms with Gasteiger partial charge in [-0.15, -0.1) is 0 Å². The molecule has 0 saturated carbocycles. The quantitative estimate of drug-likeness (QED) is 0.781. The number of aliphatic hydroxyl groups excluding tert-OH is 1. The van der Waals surface area contributed by atoms with Crippen molar-refractivity contribution in [2.75, 3.05) is 0 Å². The maximum atomic E-state index is 9.10. The first-order valence-electron chi connectivity index (χ1n) is 6.77. The summed E-state index contributed by atoms with van der Waals surface area (Å²) in [6.07, 6.45) is 3.66. The van der Waals surface area contributed by atoms with Gasteiger partial charge in [0, 0.05) is 12.4 Å². The van der Waals surface area contributed by atoms with Crippen molar-refractivity contribution in [2.24, 2.45) is 0 Å². The average Bonchev–Trinajstić information content (AvgIpc) is 3.08. The summed E-state index contributed by atoms with van der Waals surface area (Å²) in [7, 11) is 0. The molecule has 1 N–H and O–H groups in total. The number of benzene rings is 2. The predicted octanol–water partition coefficient (Wildman–Crippen LogP) is 2.94. The molecule has 106 valence electrons. The highest BCUT2D eigenvalue weighted by molar-refractivity contribution is 5.34. The first kappa shape index (κ1) is 13.4. The SMILES string of the molecule is OCc1cccc(OCc2ccc(-n3cccn3)cc2)c1. The van der Waals surface area contributed by atoms with Crippen LogP contribution in [0.2, 0.25) is 0 Å². The Morgan fingerprint density at radius 1 is 1.00 bits per heavy atom. The smallest absolute Gasteiger partial charge is 0.120 e. The molecule has 0 saturated heterocycles. The molecular formula is C17H16N2O2. The van der Waals surface area contributed by atoms with E-state index in [9.17, 15) is 0 Å². The summed E-state index contributed by atoms with van der Waals surface area (Å²) in [5, 5.41) is 13.3. The van der Waals surface area contributed by atoms with E-state index >= 15 is 0 Å². The van der Waals surface area contributed by atoms with Gasteiger partial charge < -0.3 is 9.84 Å². The molecule has 0 amide bonds. The molecule has 0 aliphatic carbocycles. The van der Waals surface area contributed by atoms with Crippen LogP contribution in [0.15, 0.2) is 67.0 Å². The molecule has 4 heteroatoms. The van der Waals surface area contributed by atoms with E-state index in [-0.39, 0.29) is 6.61 Å². The van der Waals surface area contributed by atoms with Crippen molar-refractivity contribution >= 4 is 0 Å². The Morgan fingerprint density at radius 2 is 1.86 bits per heavy atom. The minimum Gasteiger partial charge on any atom is -0.489 e. The van der Waals surface area contributed by atoms with E-state index in [2.05, 4.69) is 5.10 Å². The van der Waals surface area contributed by atoms with Gasteiger partial charge in [0.2, 0.25) is 0 Å². The fourth-order valence-electron chi connectivity index (χ4n) is 2.07. The summed E-state index contributed by atoms with van der Waals surface area (Å²) < 4.78 is 7.55. The summed E-state index contributed by atoms with van der Waals surface area (Å²) in [4.78, 5) is 0. The van der Waals surface area contributed by atoms with E-state index in [1.807, 2.05) is 65.5 Å². The maximum Gasteiger partial charge on any atom is 0.120 e. The van der Waals surface area contributed by atoms with Crippen LogP contribution in [0.25, 0.3) is 5.69 Å². The number of hydrogen-bond donors (Lipinski definition) is 1. The third-order valence-electron chi connectivity index (χ3n) is 3.19. The zero-order chi connectivity index (χ0) is 14.5. The molecule has 0 atom stereocenters. The van der Waals surface area contributed by atoms with Crippen molar-refractivity contribution in [2.45, 2.75) is 13.2 Å². The van der Waals surface area contributed by atoms with Crippen LogP contribution in [0.5, 0.6) is 5.75 Å². The van der Waals surface area contributed by atoms with E-state index in [1.54, 1.807) is 6.20 Å². The number of nitrogens with zero attached hydrogens (tertiary/aromatic N) is 2. The molecule has 1 heterocycles. The largest absolute Gasteiger partial charge is 0.489 e. The predicted molar refractivity (Wildman–Crippen MR) is 80.3 cm³/mol. The number of aromatic nitrogens is 2. The monoisotopic (exact) mass is 280 g/mol. The Morgan fingerprint density at radius 3 is 2.57 bits per heavy atom. The lowest BCUT2D eigenvalue weighted by atomic mass is 10.2. The van der Waals surface area contributed by atoms with Gasteiger partial charge in [0.15, 0.2) is 0 Å². The van der Waals surface area contributed by atoms with Crippen molar-refractivity contribution in [1.29, 1.82) is 0 Å². The van der Waals surface area contributed by atoms with Crippen LogP contribution in [0.3, 0.4) is 0 Å². The second-order valence-electron chi connectivity index (χ2n) is 4.71. The van der Waals surface area contributed by atoms with E-state index in [0.29, 0.717) is 6.61 Å². The number of rotatable bonds is 5. The second kappa shape index (κ2) is 6.24. The van der Waals surface area contributed by atoms with Crippen molar-refractivity contribution in [3.05, 3.63) is 78.1 Å². The van der Waals surface area contributed by atoms with Crippen LogP contribution in [0.1, 0.15) is 11.1 Å². The van der Waals surface area contributed by atoms with Gasteiger partial charge in [-0.3, -0.25) is 0 Å². The van der Waals surface area contributed by atoms with Crippen molar-refractivity contribution in [1.82, 2.24) is 9.78 Å². The van der Waals surface area contributed by atoms with Crippen LogP contribution >= 0.6 is 0 Å². The van der Waals surface area contributed by atoms with Crippen LogP contribution in [-0.4, -0.2) is 14.9 Å². The van der Waals surface area contributed by atoms with Crippen LogP contribution in [-0.2, 0) is 13.2 Å². The Bertz CT molecular complexity index is 691. The molecule has 0 bridgehead atoms. The highest BCUT2D eigenvalue weighted by Gasteiger charge is 2.00. The van der Waals surface area contributed by atoms with E-state index in [0.717, 1.165) is 22.6 Å². The molecule has 0 radical (unpaired) electrons. The lowest BCUT2D eigenvalue weighted by Crippen LogP contribution is -1.98. The number of hydrogen-bond acceptors (Lipinski definition) is 3. The zero-order valence-corrected chi connectivity index (χ0v) is 11.5.